The summed E-state index contributed by atoms with van der Waals surface area (Å²) in [5.74, 6) is -2.21. The molecule has 8 heteroatoms. The van der Waals surface area contributed by atoms with Crippen LogP contribution < -0.4 is 5.32 Å². The number of carboxylic acids is 1. The minimum atomic E-state index is -3.65. The molecule has 1 aromatic rings. The topological polar surface area (TPSA) is 104 Å². The van der Waals surface area contributed by atoms with Gasteiger partial charge in [0.1, 0.15) is 0 Å². The Morgan fingerprint density at radius 1 is 1.36 bits per heavy atom. The molecule has 1 aliphatic rings. The minimum Gasteiger partial charge on any atom is -0.481 e. The first-order chi connectivity index (χ1) is 11.7. The van der Waals surface area contributed by atoms with Crippen molar-refractivity contribution in [2.45, 2.75) is 44.0 Å². The van der Waals surface area contributed by atoms with Crippen LogP contribution in [0.1, 0.15) is 43.5 Å². The number of carbonyl (C=O) groups is 2. The standard InChI is InChI=1S/C17H24N2O5S/c1-12(17(21)22)11-18-16(20)14-7-5-8-15(10-14)25(23,24)19-9-4-3-6-13(19)2/h5,7-8,10,12-13H,3-4,6,9,11H2,1-2H3,(H,18,20)(H,21,22). The second kappa shape index (κ2) is 7.97. The van der Waals surface area contributed by atoms with E-state index in [9.17, 15) is 18.0 Å². The number of hydrogen-bond donors (Lipinski definition) is 2. The first kappa shape index (κ1) is 19.4. The normalized spacial score (nSPS) is 20.0. The summed E-state index contributed by atoms with van der Waals surface area (Å²) < 4.78 is 27.2. The van der Waals surface area contributed by atoms with Gasteiger partial charge in [-0.2, -0.15) is 4.31 Å². The van der Waals surface area contributed by atoms with E-state index in [4.69, 9.17) is 5.11 Å². The number of benzene rings is 1. The average Bonchev–Trinajstić information content (AvgIpc) is 2.59. The van der Waals surface area contributed by atoms with Crippen LogP contribution in [-0.4, -0.2) is 48.8 Å². The molecule has 1 aliphatic heterocycles. The van der Waals surface area contributed by atoms with Crippen molar-refractivity contribution in [3.63, 3.8) is 0 Å². The van der Waals surface area contributed by atoms with E-state index < -0.39 is 27.8 Å². The Kier molecular flexibility index (Phi) is 6.18. The summed E-state index contributed by atoms with van der Waals surface area (Å²) in [5.41, 5.74) is 0.198. The van der Waals surface area contributed by atoms with E-state index in [0.29, 0.717) is 6.54 Å². The number of sulfonamides is 1. The molecule has 1 fully saturated rings. The number of nitrogens with zero attached hydrogens (tertiary/aromatic N) is 1. The third kappa shape index (κ3) is 4.58. The smallest absolute Gasteiger partial charge is 0.308 e. The van der Waals surface area contributed by atoms with Crippen molar-refractivity contribution in [1.29, 1.82) is 0 Å². The van der Waals surface area contributed by atoms with E-state index >= 15 is 0 Å². The number of rotatable bonds is 6. The number of carboxylic acid groups (broad SMARTS) is 1. The van der Waals surface area contributed by atoms with Gasteiger partial charge in [0.05, 0.1) is 10.8 Å². The molecule has 2 rings (SSSR count). The van der Waals surface area contributed by atoms with Crippen molar-refractivity contribution in [3.05, 3.63) is 29.8 Å². The third-order valence-corrected chi connectivity index (χ3v) is 6.44. The molecular weight excluding hydrogens is 344 g/mol. The lowest BCUT2D eigenvalue weighted by Gasteiger charge is -2.32. The Morgan fingerprint density at radius 3 is 2.72 bits per heavy atom. The van der Waals surface area contributed by atoms with Gasteiger partial charge >= 0.3 is 5.97 Å². The number of nitrogens with one attached hydrogen (secondary N) is 1. The fraction of sp³-hybridized carbons (Fsp3) is 0.529. The zero-order valence-electron chi connectivity index (χ0n) is 14.4. The van der Waals surface area contributed by atoms with Crippen LogP contribution in [0.4, 0.5) is 0 Å². The lowest BCUT2D eigenvalue weighted by Crippen LogP contribution is -2.42. The number of aliphatic carboxylic acids is 1. The predicted molar refractivity (Wildman–Crippen MR) is 92.8 cm³/mol. The first-order valence-corrected chi connectivity index (χ1v) is 9.80. The quantitative estimate of drug-likeness (QED) is 0.795. The molecule has 2 N–H and O–H groups in total. The van der Waals surface area contributed by atoms with Crippen LogP contribution in [0.15, 0.2) is 29.2 Å². The highest BCUT2D eigenvalue weighted by Crippen LogP contribution is 2.25. The molecule has 1 heterocycles. The van der Waals surface area contributed by atoms with Gasteiger partial charge < -0.3 is 10.4 Å². The van der Waals surface area contributed by atoms with Crippen molar-refractivity contribution >= 4 is 21.9 Å². The van der Waals surface area contributed by atoms with Gasteiger partial charge in [0.25, 0.3) is 5.91 Å². The van der Waals surface area contributed by atoms with Crippen LogP contribution >= 0.6 is 0 Å². The molecule has 0 aliphatic carbocycles. The molecule has 25 heavy (non-hydrogen) atoms. The van der Waals surface area contributed by atoms with Crippen LogP contribution in [0.2, 0.25) is 0 Å². The summed E-state index contributed by atoms with van der Waals surface area (Å²) >= 11 is 0. The Morgan fingerprint density at radius 2 is 2.08 bits per heavy atom. The molecule has 0 spiro atoms. The maximum absolute atomic E-state index is 12.8. The van der Waals surface area contributed by atoms with Crippen molar-refractivity contribution in [3.8, 4) is 0 Å². The van der Waals surface area contributed by atoms with E-state index in [2.05, 4.69) is 5.32 Å². The van der Waals surface area contributed by atoms with Gasteiger partial charge in [-0.1, -0.05) is 19.4 Å². The number of hydrogen-bond acceptors (Lipinski definition) is 4. The van der Waals surface area contributed by atoms with Crippen LogP contribution in [-0.2, 0) is 14.8 Å². The van der Waals surface area contributed by atoms with Gasteiger partial charge in [-0.3, -0.25) is 9.59 Å². The molecule has 1 aromatic carbocycles. The molecule has 0 saturated carbocycles. The summed E-state index contributed by atoms with van der Waals surface area (Å²) in [6.45, 7) is 3.84. The van der Waals surface area contributed by atoms with Crippen LogP contribution in [0, 0.1) is 5.92 Å². The summed E-state index contributed by atoms with van der Waals surface area (Å²) in [6.07, 6.45) is 2.67. The molecule has 1 amide bonds. The molecule has 2 unspecified atom stereocenters. The van der Waals surface area contributed by atoms with Crippen molar-refractivity contribution in [1.82, 2.24) is 9.62 Å². The van der Waals surface area contributed by atoms with Gasteiger partial charge in [-0.15, -0.1) is 0 Å². The Balaban J connectivity index is 2.17. The fourth-order valence-electron chi connectivity index (χ4n) is 2.80. The van der Waals surface area contributed by atoms with Crippen molar-refractivity contribution in [2.75, 3.05) is 13.1 Å². The van der Waals surface area contributed by atoms with Gasteiger partial charge in [-0.05, 0) is 38.0 Å². The highest BCUT2D eigenvalue weighted by molar-refractivity contribution is 7.89. The second-order valence-electron chi connectivity index (χ2n) is 6.44. The van der Waals surface area contributed by atoms with Gasteiger partial charge in [0.15, 0.2) is 0 Å². The fourth-order valence-corrected chi connectivity index (χ4v) is 4.54. The maximum Gasteiger partial charge on any atom is 0.308 e. The summed E-state index contributed by atoms with van der Waals surface area (Å²) in [4.78, 5) is 23.1. The van der Waals surface area contributed by atoms with Crippen molar-refractivity contribution in [2.24, 2.45) is 5.92 Å². The number of carbonyl (C=O) groups excluding carboxylic acids is 1. The van der Waals surface area contributed by atoms with Crippen LogP contribution in [0.3, 0.4) is 0 Å². The van der Waals surface area contributed by atoms with E-state index in [-0.39, 0.29) is 23.0 Å². The predicted octanol–water partition coefficient (Wildman–Crippen LogP) is 1.70. The lowest BCUT2D eigenvalue weighted by atomic mass is 10.1. The molecule has 2 atom stereocenters. The van der Waals surface area contributed by atoms with Crippen LogP contribution in [0.25, 0.3) is 0 Å². The molecule has 7 nitrogen and oxygen atoms in total. The first-order valence-electron chi connectivity index (χ1n) is 8.36. The number of amides is 1. The number of piperidine rings is 1. The summed E-state index contributed by atoms with van der Waals surface area (Å²) in [5, 5.41) is 11.4. The second-order valence-corrected chi connectivity index (χ2v) is 8.33. The zero-order chi connectivity index (χ0) is 18.6. The molecule has 1 saturated heterocycles. The Bertz CT molecular complexity index is 747. The molecule has 0 aromatic heterocycles. The molecule has 0 radical (unpaired) electrons. The van der Waals surface area contributed by atoms with E-state index in [1.54, 1.807) is 0 Å². The van der Waals surface area contributed by atoms with E-state index in [0.717, 1.165) is 19.3 Å². The zero-order valence-corrected chi connectivity index (χ0v) is 15.3. The molecule has 138 valence electrons. The van der Waals surface area contributed by atoms with E-state index in [1.165, 1.54) is 35.5 Å². The van der Waals surface area contributed by atoms with Crippen LogP contribution in [0.5, 0.6) is 0 Å². The van der Waals surface area contributed by atoms with Gasteiger partial charge in [0, 0.05) is 24.7 Å². The highest BCUT2D eigenvalue weighted by Gasteiger charge is 2.31. The SMILES string of the molecule is CC(CNC(=O)c1cccc(S(=O)(=O)N2CCCCC2C)c1)C(=O)O. The van der Waals surface area contributed by atoms with Gasteiger partial charge in [-0.25, -0.2) is 8.42 Å². The van der Waals surface area contributed by atoms with E-state index in [1.807, 2.05) is 6.92 Å². The van der Waals surface area contributed by atoms with Crippen molar-refractivity contribution < 1.29 is 23.1 Å². The molecular formula is C17H24N2O5S. The highest BCUT2D eigenvalue weighted by atomic mass is 32.2. The third-order valence-electron chi connectivity index (χ3n) is 4.44. The van der Waals surface area contributed by atoms with Gasteiger partial charge in [0.2, 0.25) is 10.0 Å². The average molecular weight is 368 g/mol. The largest absolute Gasteiger partial charge is 0.481 e. The summed E-state index contributed by atoms with van der Waals surface area (Å²) in [7, 11) is -3.65. The lowest BCUT2D eigenvalue weighted by molar-refractivity contribution is -0.140. The Hall–Kier alpha value is -1.93. The molecule has 0 bridgehead atoms. The minimum absolute atomic E-state index is 0.0195. The maximum atomic E-state index is 12.8. The Labute approximate surface area is 148 Å². The summed E-state index contributed by atoms with van der Waals surface area (Å²) in [6, 6.07) is 5.80. The monoisotopic (exact) mass is 368 g/mol.